The van der Waals surface area contributed by atoms with Crippen molar-refractivity contribution in [1.29, 1.82) is 0 Å². The van der Waals surface area contributed by atoms with Crippen LogP contribution in [0.15, 0.2) is 41.1 Å². The van der Waals surface area contributed by atoms with E-state index >= 15 is 0 Å². The highest BCUT2D eigenvalue weighted by Gasteiger charge is 2.31. The Labute approximate surface area is 216 Å². The monoisotopic (exact) mass is 554 g/mol. The van der Waals surface area contributed by atoms with Gasteiger partial charge in [-0.05, 0) is 36.6 Å². The van der Waals surface area contributed by atoms with E-state index in [1.807, 2.05) is 9.62 Å². The lowest BCUT2D eigenvalue weighted by Gasteiger charge is -2.21. The highest BCUT2D eigenvalue weighted by atomic mass is 32.2. The van der Waals surface area contributed by atoms with Crippen LogP contribution in [0.3, 0.4) is 0 Å². The van der Waals surface area contributed by atoms with Crippen LogP contribution in [0.2, 0.25) is 0 Å². The number of nitrogens with zero attached hydrogens (tertiary/aromatic N) is 5. The maximum atomic E-state index is 13.1. The number of aryl methyl sites for hydroxylation is 1. The summed E-state index contributed by atoms with van der Waals surface area (Å²) in [5, 5.41) is 0. The minimum absolute atomic E-state index is 0.0290. The van der Waals surface area contributed by atoms with Gasteiger partial charge in [0, 0.05) is 44.9 Å². The first-order chi connectivity index (χ1) is 18.0. The van der Waals surface area contributed by atoms with E-state index in [1.165, 1.54) is 13.2 Å². The normalized spacial score (nSPS) is 15.2. The minimum atomic E-state index is -4.51. The number of aromatic nitrogens is 3. The van der Waals surface area contributed by atoms with Gasteiger partial charge in [-0.15, -0.1) is 0 Å². The number of nitrogens with one attached hydrogen (secondary N) is 1. The quantitative estimate of drug-likeness (QED) is 0.468. The number of ether oxygens (including phenoxy) is 1. The number of benzene rings is 1. The summed E-state index contributed by atoms with van der Waals surface area (Å²) in [5.74, 6) is -0.262. The van der Waals surface area contributed by atoms with Gasteiger partial charge in [-0.25, -0.2) is 14.7 Å². The van der Waals surface area contributed by atoms with Gasteiger partial charge in [0.1, 0.15) is 6.26 Å². The van der Waals surface area contributed by atoms with Crippen LogP contribution in [0.5, 0.6) is 5.88 Å². The number of hydrogen-bond acceptors (Lipinski definition) is 9. The Morgan fingerprint density at radius 1 is 1.16 bits per heavy atom. The van der Waals surface area contributed by atoms with E-state index in [0.717, 1.165) is 22.7 Å². The third kappa shape index (κ3) is 6.39. The lowest BCUT2D eigenvalue weighted by atomic mass is 10.0. The minimum Gasteiger partial charge on any atom is -0.481 e. The molecule has 15 heteroatoms. The van der Waals surface area contributed by atoms with E-state index in [9.17, 15) is 26.4 Å². The van der Waals surface area contributed by atoms with E-state index < -0.39 is 27.9 Å². The number of carbonyl (C=O) groups is 1. The molecule has 0 unspecified atom stereocenters. The van der Waals surface area contributed by atoms with Crippen molar-refractivity contribution in [1.82, 2.24) is 24.0 Å². The second-order valence-corrected chi connectivity index (χ2v) is 10.2. The summed E-state index contributed by atoms with van der Waals surface area (Å²) in [6, 6.07) is 4.90. The van der Waals surface area contributed by atoms with Gasteiger partial charge < -0.3 is 14.1 Å². The van der Waals surface area contributed by atoms with Gasteiger partial charge in [-0.2, -0.15) is 30.9 Å². The zero-order valence-electron chi connectivity index (χ0n) is 20.5. The zero-order valence-corrected chi connectivity index (χ0v) is 21.3. The molecule has 1 aliphatic rings. The van der Waals surface area contributed by atoms with Crippen molar-refractivity contribution in [2.75, 3.05) is 38.2 Å². The SMILES string of the molecule is COc1ccnc(N2CCCN(S(=O)(=O)NC(=O)c3coc(Cc4cc(C(F)(F)F)ccc4C)n3)CC2)n1. The van der Waals surface area contributed by atoms with Crippen LogP contribution < -0.4 is 14.4 Å². The molecular formula is C23H25F3N6O5S. The van der Waals surface area contributed by atoms with Crippen molar-refractivity contribution in [2.24, 2.45) is 0 Å². The number of anilines is 1. The number of rotatable bonds is 7. The number of oxazole rings is 1. The summed E-state index contributed by atoms with van der Waals surface area (Å²) in [7, 11) is -2.73. The Morgan fingerprint density at radius 3 is 2.68 bits per heavy atom. The van der Waals surface area contributed by atoms with Crippen LogP contribution >= 0.6 is 0 Å². The fourth-order valence-corrected chi connectivity index (χ4v) is 5.02. The van der Waals surface area contributed by atoms with Crippen molar-refractivity contribution in [3.8, 4) is 5.88 Å². The smallest absolute Gasteiger partial charge is 0.416 e. The molecular weight excluding hydrogens is 529 g/mol. The Hall–Kier alpha value is -3.72. The molecule has 0 bridgehead atoms. The highest BCUT2D eigenvalue weighted by molar-refractivity contribution is 7.87. The van der Waals surface area contributed by atoms with Gasteiger partial charge in [0.2, 0.25) is 11.8 Å². The Morgan fingerprint density at radius 2 is 1.95 bits per heavy atom. The first-order valence-electron chi connectivity index (χ1n) is 11.5. The number of alkyl halides is 3. The van der Waals surface area contributed by atoms with Gasteiger partial charge in [-0.1, -0.05) is 6.07 Å². The van der Waals surface area contributed by atoms with Crippen LogP contribution in [0.25, 0.3) is 0 Å². The summed E-state index contributed by atoms with van der Waals surface area (Å²) in [4.78, 5) is 26.9. The standard InChI is InChI=1S/C23H25F3N6O5S/c1-15-4-5-17(23(24,25)26)12-16(15)13-20-28-18(14-37-20)21(33)30-38(34,35)32-9-3-8-31(10-11-32)22-27-7-6-19(29-22)36-2/h4-7,12,14H,3,8-11,13H2,1-2H3,(H,30,33). The molecule has 1 fully saturated rings. The molecule has 0 atom stereocenters. The summed E-state index contributed by atoms with van der Waals surface area (Å²) in [6.45, 7) is 2.65. The van der Waals surface area contributed by atoms with Crippen LogP contribution in [-0.4, -0.2) is 66.9 Å². The second-order valence-electron chi connectivity index (χ2n) is 8.52. The third-order valence-corrected chi connectivity index (χ3v) is 7.42. The Balaban J connectivity index is 1.40. The second kappa shape index (κ2) is 10.9. The van der Waals surface area contributed by atoms with Crippen LogP contribution in [0.1, 0.15) is 39.5 Å². The molecule has 4 rings (SSSR count). The lowest BCUT2D eigenvalue weighted by Crippen LogP contribution is -2.45. The maximum Gasteiger partial charge on any atom is 0.416 e. The van der Waals surface area contributed by atoms with Crippen molar-refractivity contribution in [3.05, 3.63) is 65.0 Å². The predicted octanol–water partition coefficient (Wildman–Crippen LogP) is 2.58. The highest BCUT2D eigenvalue weighted by Crippen LogP contribution is 2.31. The van der Waals surface area contributed by atoms with E-state index in [1.54, 1.807) is 19.2 Å². The molecule has 3 heterocycles. The molecule has 0 aliphatic carbocycles. The average molecular weight is 555 g/mol. The van der Waals surface area contributed by atoms with E-state index in [0.29, 0.717) is 35.9 Å². The predicted molar refractivity (Wildman–Crippen MR) is 129 cm³/mol. The summed E-state index contributed by atoms with van der Waals surface area (Å²) in [6.07, 6.45) is -1.65. The summed E-state index contributed by atoms with van der Waals surface area (Å²) >= 11 is 0. The molecule has 11 nitrogen and oxygen atoms in total. The van der Waals surface area contributed by atoms with Gasteiger partial charge >= 0.3 is 16.4 Å². The Kier molecular flexibility index (Phi) is 7.87. The van der Waals surface area contributed by atoms with Crippen molar-refractivity contribution < 1.29 is 35.5 Å². The van der Waals surface area contributed by atoms with Crippen LogP contribution in [0, 0.1) is 6.92 Å². The number of halogens is 3. The molecule has 204 valence electrons. The van der Waals surface area contributed by atoms with Crippen molar-refractivity contribution in [3.63, 3.8) is 0 Å². The van der Waals surface area contributed by atoms with Crippen LogP contribution in [-0.2, 0) is 22.8 Å². The van der Waals surface area contributed by atoms with E-state index in [2.05, 4.69) is 15.0 Å². The number of amides is 1. The molecule has 0 spiro atoms. The first-order valence-corrected chi connectivity index (χ1v) is 13.0. The van der Waals surface area contributed by atoms with Gasteiger partial charge in [0.15, 0.2) is 11.6 Å². The zero-order chi connectivity index (χ0) is 27.5. The van der Waals surface area contributed by atoms with Crippen molar-refractivity contribution in [2.45, 2.75) is 25.9 Å². The van der Waals surface area contributed by atoms with Gasteiger partial charge in [0.25, 0.3) is 5.91 Å². The Bertz CT molecular complexity index is 1410. The largest absolute Gasteiger partial charge is 0.481 e. The molecule has 2 aromatic heterocycles. The molecule has 1 aliphatic heterocycles. The molecule has 1 saturated heterocycles. The topological polar surface area (TPSA) is 131 Å². The van der Waals surface area contributed by atoms with Gasteiger partial charge in [0.05, 0.1) is 12.7 Å². The van der Waals surface area contributed by atoms with Gasteiger partial charge in [-0.3, -0.25) is 4.79 Å². The van der Waals surface area contributed by atoms with E-state index in [-0.39, 0.29) is 37.6 Å². The number of hydrogen-bond donors (Lipinski definition) is 1. The maximum absolute atomic E-state index is 13.1. The summed E-state index contributed by atoms with van der Waals surface area (Å²) in [5.41, 5.74) is -0.230. The summed E-state index contributed by atoms with van der Waals surface area (Å²) < 4.78 is 78.4. The number of carbonyl (C=O) groups excluding carboxylic acids is 1. The molecule has 3 aromatic rings. The third-order valence-electron chi connectivity index (χ3n) is 5.93. The molecule has 1 N–H and O–H groups in total. The average Bonchev–Trinajstić information content (AvgIpc) is 3.18. The molecule has 38 heavy (non-hydrogen) atoms. The first kappa shape index (κ1) is 27.3. The lowest BCUT2D eigenvalue weighted by molar-refractivity contribution is -0.137. The molecule has 0 saturated carbocycles. The van der Waals surface area contributed by atoms with E-state index in [4.69, 9.17) is 9.15 Å². The fourth-order valence-electron chi connectivity index (χ4n) is 3.86. The molecule has 0 radical (unpaired) electrons. The molecule has 1 aromatic carbocycles. The number of methoxy groups -OCH3 is 1. The van der Waals surface area contributed by atoms with Crippen molar-refractivity contribution >= 4 is 22.1 Å². The van der Waals surface area contributed by atoms with Crippen LogP contribution in [0.4, 0.5) is 19.1 Å². The molecule has 1 amide bonds. The fraction of sp³-hybridized carbons (Fsp3) is 0.391.